The van der Waals surface area contributed by atoms with Crippen molar-refractivity contribution in [3.05, 3.63) is 0 Å². The van der Waals surface area contributed by atoms with Gasteiger partial charge in [-0.15, -0.1) is 12.4 Å². The minimum Gasteiger partial charge on any atom is -0.378 e. The minimum absolute atomic E-state index is 0. The van der Waals surface area contributed by atoms with Crippen molar-refractivity contribution >= 4 is 12.4 Å². The lowest BCUT2D eigenvalue weighted by atomic mass is 10.1. The summed E-state index contributed by atoms with van der Waals surface area (Å²) < 4.78 is 5.44. The van der Waals surface area contributed by atoms with Crippen LogP contribution in [-0.4, -0.2) is 19.3 Å². The first kappa shape index (κ1) is 10.2. The van der Waals surface area contributed by atoms with Gasteiger partial charge in [-0.3, -0.25) is 0 Å². The fourth-order valence-corrected chi connectivity index (χ4v) is 1.22. The third kappa shape index (κ3) is 3.40. The average Bonchev–Trinajstić information content (AvgIpc) is 1.91. The van der Waals surface area contributed by atoms with Crippen molar-refractivity contribution in [3.63, 3.8) is 0 Å². The third-order valence-electron chi connectivity index (χ3n) is 1.76. The van der Waals surface area contributed by atoms with Crippen molar-refractivity contribution in [1.82, 2.24) is 0 Å². The van der Waals surface area contributed by atoms with Crippen LogP contribution in [0.1, 0.15) is 25.7 Å². The van der Waals surface area contributed by atoms with Crippen LogP contribution in [0, 0.1) is 0 Å². The smallest absolute Gasteiger partial charge is 0.0587 e. The number of halogens is 1. The maximum absolute atomic E-state index is 5.44. The van der Waals surface area contributed by atoms with Gasteiger partial charge in [0, 0.05) is 6.61 Å². The Morgan fingerprint density at radius 2 is 2.20 bits per heavy atom. The van der Waals surface area contributed by atoms with Crippen LogP contribution >= 0.6 is 12.4 Å². The zero-order valence-electron chi connectivity index (χ0n) is 6.21. The zero-order valence-corrected chi connectivity index (χ0v) is 7.03. The van der Waals surface area contributed by atoms with E-state index in [1.807, 2.05) is 0 Å². The highest BCUT2D eigenvalue weighted by Gasteiger charge is 2.11. The van der Waals surface area contributed by atoms with E-state index in [1.54, 1.807) is 0 Å². The molecule has 1 rings (SSSR count). The van der Waals surface area contributed by atoms with Gasteiger partial charge >= 0.3 is 0 Å². The highest BCUT2D eigenvalue weighted by molar-refractivity contribution is 5.85. The Kier molecular flexibility index (Phi) is 6.08. The highest BCUT2D eigenvalue weighted by Crippen LogP contribution is 2.14. The Balaban J connectivity index is 0.000000810. The molecule has 1 saturated heterocycles. The highest BCUT2D eigenvalue weighted by atomic mass is 35.5. The predicted octanol–water partition coefficient (Wildman–Crippen LogP) is 1.33. The monoisotopic (exact) mass is 165 g/mol. The van der Waals surface area contributed by atoms with Crippen molar-refractivity contribution < 1.29 is 4.74 Å². The van der Waals surface area contributed by atoms with Crippen molar-refractivity contribution in [2.45, 2.75) is 31.8 Å². The van der Waals surface area contributed by atoms with Crippen LogP contribution in [0.5, 0.6) is 0 Å². The van der Waals surface area contributed by atoms with E-state index in [0.717, 1.165) is 19.6 Å². The van der Waals surface area contributed by atoms with E-state index in [2.05, 4.69) is 0 Å². The summed E-state index contributed by atoms with van der Waals surface area (Å²) in [6, 6.07) is 0. The first-order valence-electron chi connectivity index (χ1n) is 3.75. The van der Waals surface area contributed by atoms with Gasteiger partial charge in [0.05, 0.1) is 6.10 Å². The molecule has 0 radical (unpaired) electrons. The molecule has 0 amide bonds. The fraction of sp³-hybridized carbons (Fsp3) is 1.00. The SMILES string of the molecule is Cl.NCCC1CCCCO1. The van der Waals surface area contributed by atoms with Crippen LogP contribution in [0.25, 0.3) is 0 Å². The van der Waals surface area contributed by atoms with Gasteiger partial charge in [-0.25, -0.2) is 0 Å². The topological polar surface area (TPSA) is 35.2 Å². The molecule has 2 N–H and O–H groups in total. The van der Waals surface area contributed by atoms with E-state index in [9.17, 15) is 0 Å². The van der Waals surface area contributed by atoms with Crippen molar-refractivity contribution in [1.29, 1.82) is 0 Å². The lowest BCUT2D eigenvalue weighted by Gasteiger charge is -2.21. The van der Waals surface area contributed by atoms with Crippen molar-refractivity contribution in [2.24, 2.45) is 5.73 Å². The summed E-state index contributed by atoms with van der Waals surface area (Å²) in [5.74, 6) is 0. The fourth-order valence-electron chi connectivity index (χ4n) is 1.22. The van der Waals surface area contributed by atoms with E-state index in [0.29, 0.717) is 6.10 Å². The molecule has 0 saturated carbocycles. The molecular formula is C7H16ClNO. The van der Waals surface area contributed by atoms with Gasteiger partial charge in [0.2, 0.25) is 0 Å². The molecule has 1 atom stereocenters. The molecule has 0 aromatic rings. The van der Waals surface area contributed by atoms with Crippen molar-refractivity contribution in [2.75, 3.05) is 13.2 Å². The maximum Gasteiger partial charge on any atom is 0.0587 e. The summed E-state index contributed by atoms with van der Waals surface area (Å²) in [6.07, 6.45) is 5.30. The number of ether oxygens (including phenoxy) is 1. The normalized spacial score (nSPS) is 25.5. The largest absolute Gasteiger partial charge is 0.378 e. The Labute approximate surface area is 68.5 Å². The molecule has 1 fully saturated rings. The van der Waals surface area contributed by atoms with Crippen LogP contribution in [0.15, 0.2) is 0 Å². The van der Waals surface area contributed by atoms with Crippen LogP contribution in [-0.2, 0) is 4.74 Å². The maximum atomic E-state index is 5.44. The van der Waals surface area contributed by atoms with Crippen LogP contribution in [0.2, 0.25) is 0 Å². The molecule has 1 aliphatic heterocycles. The number of hydrogen-bond acceptors (Lipinski definition) is 2. The van der Waals surface area contributed by atoms with Gasteiger partial charge in [-0.05, 0) is 32.2 Å². The van der Waals surface area contributed by atoms with E-state index >= 15 is 0 Å². The standard InChI is InChI=1S/C7H15NO.ClH/c8-5-4-7-3-1-2-6-9-7;/h7H,1-6,8H2;1H. The van der Waals surface area contributed by atoms with Gasteiger partial charge in [0.15, 0.2) is 0 Å². The van der Waals surface area contributed by atoms with Crippen LogP contribution in [0.3, 0.4) is 0 Å². The Hall–Kier alpha value is 0.210. The second kappa shape index (κ2) is 5.96. The summed E-state index contributed by atoms with van der Waals surface area (Å²) in [6.45, 7) is 1.72. The Morgan fingerprint density at radius 1 is 1.40 bits per heavy atom. The third-order valence-corrected chi connectivity index (χ3v) is 1.76. The lowest BCUT2D eigenvalue weighted by molar-refractivity contribution is 0.0128. The summed E-state index contributed by atoms with van der Waals surface area (Å²) >= 11 is 0. The molecule has 0 aromatic heterocycles. The van der Waals surface area contributed by atoms with E-state index in [-0.39, 0.29) is 12.4 Å². The molecule has 62 valence electrons. The average molecular weight is 166 g/mol. The predicted molar refractivity (Wildman–Crippen MR) is 44.5 cm³/mol. The summed E-state index contributed by atoms with van der Waals surface area (Å²) in [7, 11) is 0. The van der Waals surface area contributed by atoms with E-state index < -0.39 is 0 Å². The minimum atomic E-state index is 0. The van der Waals surface area contributed by atoms with Gasteiger partial charge in [0.1, 0.15) is 0 Å². The molecule has 3 heteroatoms. The lowest BCUT2D eigenvalue weighted by Crippen LogP contribution is -2.21. The quantitative estimate of drug-likeness (QED) is 0.670. The molecule has 1 aliphatic rings. The van der Waals surface area contributed by atoms with Gasteiger partial charge in [-0.1, -0.05) is 0 Å². The molecule has 1 heterocycles. The molecule has 1 unspecified atom stereocenters. The summed E-state index contributed by atoms with van der Waals surface area (Å²) in [4.78, 5) is 0. The molecule has 0 bridgehead atoms. The molecule has 0 aromatic carbocycles. The second-order valence-electron chi connectivity index (χ2n) is 2.57. The Bertz CT molecular complexity index is 71.3. The second-order valence-corrected chi connectivity index (χ2v) is 2.57. The first-order valence-corrected chi connectivity index (χ1v) is 3.75. The molecule has 10 heavy (non-hydrogen) atoms. The summed E-state index contributed by atoms with van der Waals surface area (Å²) in [5, 5.41) is 0. The van der Waals surface area contributed by atoms with Crippen molar-refractivity contribution in [3.8, 4) is 0 Å². The summed E-state index contributed by atoms with van der Waals surface area (Å²) in [5.41, 5.74) is 5.38. The zero-order chi connectivity index (χ0) is 6.53. The van der Waals surface area contributed by atoms with E-state index in [1.165, 1.54) is 19.3 Å². The van der Waals surface area contributed by atoms with Gasteiger partial charge in [0.25, 0.3) is 0 Å². The van der Waals surface area contributed by atoms with Gasteiger partial charge in [-0.2, -0.15) is 0 Å². The van der Waals surface area contributed by atoms with Gasteiger partial charge < -0.3 is 10.5 Å². The number of hydrogen-bond donors (Lipinski definition) is 1. The first-order chi connectivity index (χ1) is 4.43. The molecule has 0 aliphatic carbocycles. The molecule has 2 nitrogen and oxygen atoms in total. The van der Waals surface area contributed by atoms with Crippen LogP contribution < -0.4 is 5.73 Å². The van der Waals surface area contributed by atoms with Crippen LogP contribution in [0.4, 0.5) is 0 Å². The Morgan fingerprint density at radius 3 is 2.70 bits per heavy atom. The molecular weight excluding hydrogens is 150 g/mol. The molecule has 0 spiro atoms. The number of nitrogens with two attached hydrogens (primary N) is 1. The number of rotatable bonds is 2. The van der Waals surface area contributed by atoms with E-state index in [4.69, 9.17) is 10.5 Å².